The van der Waals surface area contributed by atoms with Gasteiger partial charge in [0.25, 0.3) is 11.8 Å². The highest BCUT2D eigenvalue weighted by Crippen LogP contribution is 2.41. The van der Waals surface area contributed by atoms with Crippen LogP contribution in [-0.4, -0.2) is 61.9 Å². The molecule has 0 radical (unpaired) electrons. The summed E-state index contributed by atoms with van der Waals surface area (Å²) in [6.07, 6.45) is 0.903. The number of carbonyl (C=O) groups excluding carboxylic acids is 2. The van der Waals surface area contributed by atoms with Gasteiger partial charge in [0, 0.05) is 25.2 Å². The summed E-state index contributed by atoms with van der Waals surface area (Å²) in [7, 11) is 0. The average Bonchev–Trinajstić information content (AvgIpc) is 3.18. The molecule has 2 saturated heterocycles. The number of amides is 2. The van der Waals surface area contributed by atoms with E-state index in [1.165, 1.54) is 11.3 Å². The van der Waals surface area contributed by atoms with Crippen molar-refractivity contribution in [3.63, 3.8) is 0 Å². The van der Waals surface area contributed by atoms with E-state index in [2.05, 4.69) is 9.97 Å². The summed E-state index contributed by atoms with van der Waals surface area (Å²) < 4.78 is 0. The van der Waals surface area contributed by atoms with Crippen molar-refractivity contribution in [2.24, 2.45) is 0 Å². The zero-order valence-electron chi connectivity index (χ0n) is 15.7. The fraction of sp³-hybridized carbons (Fsp3) is 0.350. The van der Waals surface area contributed by atoms with Crippen LogP contribution in [0.4, 0.5) is 0 Å². The summed E-state index contributed by atoms with van der Waals surface area (Å²) in [4.78, 5) is 37.6. The summed E-state index contributed by atoms with van der Waals surface area (Å²) in [6, 6.07) is 5.25. The number of nitrogens with zero attached hydrogens (tertiary/aromatic N) is 3. The number of thiazole rings is 1. The van der Waals surface area contributed by atoms with E-state index >= 15 is 0 Å². The molecule has 7 nitrogen and oxygen atoms in total. The van der Waals surface area contributed by atoms with Crippen LogP contribution in [0.3, 0.4) is 0 Å². The van der Waals surface area contributed by atoms with Crippen LogP contribution in [-0.2, 0) is 0 Å². The van der Waals surface area contributed by atoms with E-state index in [4.69, 9.17) is 0 Å². The number of fused-ring (bicyclic) bond motifs is 1. The van der Waals surface area contributed by atoms with Crippen molar-refractivity contribution >= 4 is 33.5 Å². The van der Waals surface area contributed by atoms with Crippen molar-refractivity contribution in [2.75, 3.05) is 19.6 Å². The van der Waals surface area contributed by atoms with Gasteiger partial charge in [0.15, 0.2) is 0 Å². The van der Waals surface area contributed by atoms with Crippen LogP contribution < -0.4 is 0 Å². The second-order valence-electron chi connectivity index (χ2n) is 7.80. The smallest absolute Gasteiger partial charge is 0.270 e. The van der Waals surface area contributed by atoms with Crippen molar-refractivity contribution in [3.8, 4) is 5.75 Å². The molecule has 5 rings (SSSR count). The van der Waals surface area contributed by atoms with Crippen molar-refractivity contribution in [2.45, 2.75) is 25.8 Å². The molecule has 2 fully saturated rings. The minimum atomic E-state index is -0.255. The summed E-state index contributed by atoms with van der Waals surface area (Å²) in [5, 5.41) is 9.95. The Morgan fingerprint density at radius 1 is 1.18 bits per heavy atom. The lowest BCUT2D eigenvalue weighted by atomic mass is 9.76. The van der Waals surface area contributed by atoms with Crippen LogP contribution in [0, 0.1) is 13.8 Å². The molecule has 2 aliphatic rings. The fourth-order valence-corrected chi connectivity index (χ4v) is 4.93. The maximum atomic E-state index is 13.0. The van der Waals surface area contributed by atoms with Crippen LogP contribution in [0.15, 0.2) is 23.7 Å². The molecule has 0 unspecified atom stereocenters. The molecule has 0 bridgehead atoms. The zero-order chi connectivity index (χ0) is 19.6. The molecule has 2 aliphatic heterocycles. The number of phenolic OH excluding ortho intramolecular Hbond substituents is 1. The molecule has 8 heteroatoms. The van der Waals surface area contributed by atoms with Crippen LogP contribution in [0.5, 0.6) is 5.75 Å². The Morgan fingerprint density at radius 2 is 1.89 bits per heavy atom. The summed E-state index contributed by atoms with van der Waals surface area (Å²) >= 11 is 1.48. The van der Waals surface area contributed by atoms with Crippen molar-refractivity contribution in [1.82, 2.24) is 19.8 Å². The lowest BCUT2D eigenvalue weighted by Gasteiger charge is -2.62. The summed E-state index contributed by atoms with van der Waals surface area (Å²) in [5.74, 6) is 0.149. The van der Waals surface area contributed by atoms with Crippen LogP contribution >= 0.6 is 11.3 Å². The van der Waals surface area contributed by atoms with Gasteiger partial charge in [0.1, 0.15) is 21.8 Å². The normalized spacial score (nSPS) is 17.6. The molecule has 0 saturated carbocycles. The van der Waals surface area contributed by atoms with Gasteiger partial charge in [0.2, 0.25) is 0 Å². The second-order valence-corrected chi connectivity index (χ2v) is 8.66. The van der Waals surface area contributed by atoms with E-state index in [1.54, 1.807) is 42.5 Å². The third-order valence-electron chi connectivity index (χ3n) is 5.97. The van der Waals surface area contributed by atoms with Crippen LogP contribution in [0.25, 0.3) is 10.3 Å². The van der Waals surface area contributed by atoms with Crippen molar-refractivity contribution in [3.05, 3.63) is 46.1 Å². The first-order valence-electron chi connectivity index (χ1n) is 9.22. The predicted octanol–water partition coefficient (Wildman–Crippen LogP) is 2.69. The van der Waals surface area contributed by atoms with Gasteiger partial charge < -0.3 is 19.9 Å². The Hall–Kier alpha value is -2.87. The number of benzene rings is 1. The molecule has 4 heterocycles. The van der Waals surface area contributed by atoms with Gasteiger partial charge >= 0.3 is 0 Å². The summed E-state index contributed by atoms with van der Waals surface area (Å²) in [5.41, 5.74) is 4.83. The van der Waals surface area contributed by atoms with Crippen molar-refractivity contribution < 1.29 is 14.7 Å². The largest absolute Gasteiger partial charge is 0.507 e. The maximum absolute atomic E-state index is 13.0. The quantitative estimate of drug-likeness (QED) is 0.697. The Bertz CT molecular complexity index is 1070. The first-order valence-corrected chi connectivity index (χ1v) is 10.1. The fourth-order valence-electron chi connectivity index (χ4n) is 4.26. The number of rotatable bonds is 2. The number of nitrogens with one attached hydrogen (secondary N) is 1. The van der Waals surface area contributed by atoms with E-state index in [0.717, 1.165) is 16.8 Å². The standard InChI is InChI=1S/C20H20N4O3S/c1-11-5-13(6-12(2)16(11)25)18(26)24-4-3-20(24)8-23(9-20)19(27)15-7-14-17(22-15)28-10-21-14/h5-7,10,22,25H,3-4,8-9H2,1-2H3. The van der Waals surface area contributed by atoms with Gasteiger partial charge in [-0.15, -0.1) is 11.3 Å². The number of likely N-dealkylation sites (tertiary alicyclic amines) is 2. The van der Waals surface area contributed by atoms with E-state index in [1.807, 2.05) is 4.90 Å². The number of carbonyl (C=O) groups is 2. The average molecular weight is 396 g/mol. The van der Waals surface area contributed by atoms with Crippen LogP contribution in [0.1, 0.15) is 38.4 Å². The second kappa shape index (κ2) is 5.81. The first kappa shape index (κ1) is 17.2. The molecule has 3 aromatic rings. The van der Waals surface area contributed by atoms with E-state index < -0.39 is 0 Å². The molecule has 2 amide bonds. The van der Waals surface area contributed by atoms with Gasteiger partial charge in [-0.05, 0) is 49.6 Å². The molecular formula is C20H20N4O3S. The Morgan fingerprint density at radius 3 is 2.50 bits per heavy atom. The molecule has 0 atom stereocenters. The lowest BCUT2D eigenvalue weighted by Crippen LogP contribution is -2.78. The number of aryl methyl sites for hydroxylation is 2. The lowest BCUT2D eigenvalue weighted by molar-refractivity contribution is -0.0849. The zero-order valence-corrected chi connectivity index (χ0v) is 16.5. The third-order valence-corrected chi connectivity index (χ3v) is 6.73. The van der Waals surface area contributed by atoms with E-state index in [0.29, 0.717) is 42.0 Å². The van der Waals surface area contributed by atoms with Crippen molar-refractivity contribution in [1.29, 1.82) is 0 Å². The topological polar surface area (TPSA) is 89.5 Å². The molecule has 2 aromatic heterocycles. The predicted molar refractivity (Wildman–Crippen MR) is 106 cm³/mol. The molecule has 1 aromatic carbocycles. The number of aromatic amines is 1. The molecule has 0 aliphatic carbocycles. The number of aromatic hydroxyl groups is 1. The van der Waals surface area contributed by atoms with Gasteiger partial charge in [-0.3, -0.25) is 9.59 Å². The molecule has 1 spiro atoms. The highest BCUT2D eigenvalue weighted by molar-refractivity contribution is 7.16. The Balaban J connectivity index is 1.31. The number of hydrogen-bond donors (Lipinski definition) is 2. The number of aromatic nitrogens is 2. The Labute approximate surface area is 165 Å². The van der Waals surface area contributed by atoms with Crippen LogP contribution in [0.2, 0.25) is 0 Å². The van der Waals surface area contributed by atoms with E-state index in [9.17, 15) is 14.7 Å². The van der Waals surface area contributed by atoms with Gasteiger partial charge in [-0.1, -0.05) is 0 Å². The third kappa shape index (κ3) is 2.37. The molecule has 144 valence electrons. The molecular weight excluding hydrogens is 376 g/mol. The molecule has 2 N–H and O–H groups in total. The van der Waals surface area contributed by atoms with Gasteiger partial charge in [-0.25, -0.2) is 4.98 Å². The SMILES string of the molecule is Cc1cc(C(=O)N2CCC23CN(C(=O)c2cc4ncsc4[nH]2)C3)cc(C)c1O. The summed E-state index contributed by atoms with van der Waals surface area (Å²) in [6.45, 7) is 5.39. The highest BCUT2D eigenvalue weighted by Gasteiger charge is 2.56. The van der Waals surface area contributed by atoms with Gasteiger partial charge in [0.05, 0.1) is 11.0 Å². The van der Waals surface area contributed by atoms with E-state index in [-0.39, 0.29) is 23.1 Å². The molecule has 28 heavy (non-hydrogen) atoms. The maximum Gasteiger partial charge on any atom is 0.270 e. The first-order chi connectivity index (χ1) is 13.4. The number of phenols is 1. The highest BCUT2D eigenvalue weighted by atomic mass is 32.1. The monoisotopic (exact) mass is 396 g/mol. The van der Waals surface area contributed by atoms with Gasteiger partial charge in [-0.2, -0.15) is 0 Å². The number of H-pyrrole nitrogens is 1. The minimum Gasteiger partial charge on any atom is -0.507 e. The number of hydrogen-bond acceptors (Lipinski definition) is 5. The minimum absolute atomic E-state index is 0.0332. The Kier molecular flexibility index (Phi) is 3.58.